The molecular weight excluding hydrogens is 224 g/mol. The van der Waals surface area contributed by atoms with Crippen LogP contribution in [0.15, 0.2) is 18.3 Å². The number of nitrogens with two attached hydrogens (primary N) is 1. The molecule has 5 nitrogen and oxygen atoms in total. The van der Waals surface area contributed by atoms with Crippen molar-refractivity contribution in [2.75, 3.05) is 12.0 Å². The van der Waals surface area contributed by atoms with Gasteiger partial charge >= 0.3 is 0 Å². The predicted octanol–water partition coefficient (Wildman–Crippen LogP) is 0.781. The van der Waals surface area contributed by atoms with Gasteiger partial charge in [0.2, 0.25) is 5.95 Å². The molecule has 0 amide bonds. The molecule has 0 saturated heterocycles. The van der Waals surface area contributed by atoms with Crippen LogP contribution in [0.2, 0.25) is 0 Å². The van der Waals surface area contributed by atoms with E-state index in [9.17, 15) is 4.21 Å². The van der Waals surface area contributed by atoms with Gasteiger partial charge < -0.3 is 5.73 Å². The summed E-state index contributed by atoms with van der Waals surface area (Å²) in [5, 5.41) is 0.0294. The molecule has 0 radical (unpaired) electrons. The largest absolute Gasteiger partial charge is 0.369 e. The van der Waals surface area contributed by atoms with Crippen LogP contribution >= 0.6 is 0 Å². The zero-order valence-electron chi connectivity index (χ0n) is 9.25. The second kappa shape index (κ2) is 4.21. The summed E-state index contributed by atoms with van der Waals surface area (Å²) < 4.78 is 13.1. The molecule has 0 spiro atoms. The van der Waals surface area contributed by atoms with Crippen LogP contribution in [0, 0.1) is 0 Å². The van der Waals surface area contributed by atoms with E-state index >= 15 is 0 Å². The Morgan fingerprint density at radius 1 is 1.62 bits per heavy atom. The highest BCUT2D eigenvalue weighted by molar-refractivity contribution is 7.84. The van der Waals surface area contributed by atoms with Crippen molar-refractivity contribution in [1.82, 2.24) is 14.5 Å². The Balaban J connectivity index is 2.43. The van der Waals surface area contributed by atoms with Crippen LogP contribution in [-0.4, -0.2) is 30.2 Å². The van der Waals surface area contributed by atoms with Crippen molar-refractivity contribution in [3.63, 3.8) is 0 Å². The van der Waals surface area contributed by atoms with E-state index in [1.54, 1.807) is 17.0 Å². The average Bonchev–Trinajstić information content (AvgIpc) is 2.55. The van der Waals surface area contributed by atoms with Crippen molar-refractivity contribution in [2.45, 2.75) is 18.7 Å². The molecule has 16 heavy (non-hydrogen) atoms. The standard InChI is InChI=1S/C10H14N4OS/c1-7(16(2)15)6-14-9-8(13-10(14)11)4-3-5-12-9/h3-5,7H,6H2,1-2H3,(H2,11,13). The maximum absolute atomic E-state index is 11.3. The normalized spacial score (nSPS) is 15.1. The average molecular weight is 238 g/mol. The minimum absolute atomic E-state index is 0.0294. The smallest absolute Gasteiger partial charge is 0.202 e. The van der Waals surface area contributed by atoms with Crippen LogP contribution in [0.1, 0.15) is 6.92 Å². The molecule has 0 aromatic carbocycles. The van der Waals surface area contributed by atoms with E-state index in [-0.39, 0.29) is 5.25 Å². The van der Waals surface area contributed by atoms with Crippen molar-refractivity contribution >= 4 is 27.9 Å². The van der Waals surface area contributed by atoms with E-state index in [0.717, 1.165) is 11.2 Å². The lowest BCUT2D eigenvalue weighted by atomic mass is 10.4. The number of rotatable bonds is 3. The number of imidazole rings is 1. The molecule has 2 rings (SSSR count). The van der Waals surface area contributed by atoms with Gasteiger partial charge in [0, 0.05) is 35.0 Å². The number of nitrogen functional groups attached to an aromatic ring is 1. The van der Waals surface area contributed by atoms with E-state index < -0.39 is 10.8 Å². The highest BCUT2D eigenvalue weighted by atomic mass is 32.2. The first kappa shape index (κ1) is 11.1. The van der Waals surface area contributed by atoms with Crippen molar-refractivity contribution in [2.24, 2.45) is 0 Å². The number of hydrogen-bond acceptors (Lipinski definition) is 4. The monoisotopic (exact) mass is 238 g/mol. The molecule has 0 bridgehead atoms. The van der Waals surface area contributed by atoms with Crippen LogP contribution in [0.3, 0.4) is 0 Å². The Bertz CT molecular complexity index is 537. The molecule has 0 fully saturated rings. The summed E-state index contributed by atoms with van der Waals surface area (Å²) in [5.74, 6) is 0.422. The van der Waals surface area contributed by atoms with Crippen LogP contribution in [-0.2, 0) is 17.3 Å². The number of fused-ring (bicyclic) bond motifs is 1. The first-order valence-corrected chi connectivity index (χ1v) is 6.60. The van der Waals surface area contributed by atoms with Crippen LogP contribution < -0.4 is 5.73 Å². The van der Waals surface area contributed by atoms with Gasteiger partial charge in [-0.2, -0.15) is 0 Å². The van der Waals surface area contributed by atoms with Gasteiger partial charge in [-0.1, -0.05) is 0 Å². The molecule has 0 saturated carbocycles. The Morgan fingerprint density at radius 2 is 2.38 bits per heavy atom. The van der Waals surface area contributed by atoms with Crippen LogP contribution in [0.4, 0.5) is 5.95 Å². The predicted molar refractivity (Wildman–Crippen MR) is 65.5 cm³/mol. The third kappa shape index (κ3) is 1.92. The molecule has 6 heteroatoms. The Labute approximate surface area is 96.1 Å². The third-order valence-electron chi connectivity index (χ3n) is 2.54. The summed E-state index contributed by atoms with van der Waals surface area (Å²) in [5.41, 5.74) is 7.33. The first-order valence-electron chi connectivity index (χ1n) is 4.98. The topological polar surface area (TPSA) is 73.8 Å². The molecule has 86 valence electrons. The number of aromatic nitrogens is 3. The fourth-order valence-electron chi connectivity index (χ4n) is 1.52. The van der Waals surface area contributed by atoms with Crippen molar-refractivity contribution in [3.8, 4) is 0 Å². The molecule has 2 heterocycles. The molecule has 0 aliphatic rings. The molecule has 2 unspecified atom stereocenters. The maximum Gasteiger partial charge on any atom is 0.202 e. The molecule has 2 aromatic heterocycles. The van der Waals surface area contributed by atoms with Gasteiger partial charge in [0.15, 0.2) is 5.65 Å². The maximum atomic E-state index is 11.3. The fraction of sp³-hybridized carbons (Fsp3) is 0.400. The minimum atomic E-state index is -0.878. The lowest BCUT2D eigenvalue weighted by Crippen LogP contribution is -2.18. The van der Waals surface area contributed by atoms with Gasteiger partial charge in [0.1, 0.15) is 5.52 Å². The van der Waals surface area contributed by atoms with Crippen LogP contribution in [0.25, 0.3) is 11.2 Å². The van der Waals surface area contributed by atoms with E-state index in [2.05, 4.69) is 9.97 Å². The Kier molecular flexibility index (Phi) is 2.91. The lowest BCUT2D eigenvalue weighted by molar-refractivity contribution is 0.652. The van der Waals surface area contributed by atoms with E-state index in [0.29, 0.717) is 12.5 Å². The zero-order chi connectivity index (χ0) is 11.7. The summed E-state index contributed by atoms with van der Waals surface area (Å²) in [6, 6.07) is 3.68. The van der Waals surface area contributed by atoms with Gasteiger partial charge in [0.05, 0.1) is 0 Å². The molecule has 2 aromatic rings. The highest BCUT2D eigenvalue weighted by Crippen LogP contribution is 2.16. The van der Waals surface area contributed by atoms with Crippen molar-refractivity contribution in [3.05, 3.63) is 18.3 Å². The molecule has 0 aliphatic heterocycles. The first-order chi connectivity index (χ1) is 7.59. The number of pyridine rings is 1. The summed E-state index contributed by atoms with van der Waals surface area (Å²) in [7, 11) is -0.878. The molecular formula is C10H14N4OS. The molecule has 2 atom stereocenters. The van der Waals surface area contributed by atoms with E-state index in [1.165, 1.54) is 0 Å². The highest BCUT2D eigenvalue weighted by Gasteiger charge is 2.13. The minimum Gasteiger partial charge on any atom is -0.369 e. The summed E-state index contributed by atoms with van der Waals surface area (Å²) in [6.07, 6.45) is 3.39. The number of hydrogen-bond donors (Lipinski definition) is 1. The third-order valence-corrected chi connectivity index (χ3v) is 3.82. The van der Waals surface area contributed by atoms with Gasteiger partial charge in [0.25, 0.3) is 0 Å². The fourth-order valence-corrected chi connectivity index (χ4v) is 1.88. The van der Waals surface area contributed by atoms with Gasteiger partial charge in [-0.3, -0.25) is 8.78 Å². The summed E-state index contributed by atoms with van der Waals surface area (Å²) in [6.45, 7) is 2.49. The Hall–Kier alpha value is -1.43. The SMILES string of the molecule is CC(Cn1c(N)nc2cccnc21)S(C)=O. The zero-order valence-corrected chi connectivity index (χ0v) is 10.1. The number of nitrogens with zero attached hydrogens (tertiary/aromatic N) is 3. The quantitative estimate of drug-likeness (QED) is 0.857. The van der Waals surface area contributed by atoms with Gasteiger partial charge in [-0.05, 0) is 19.1 Å². The lowest BCUT2D eigenvalue weighted by Gasteiger charge is -2.10. The van der Waals surface area contributed by atoms with E-state index in [1.807, 2.05) is 19.1 Å². The molecule has 0 aliphatic carbocycles. The number of anilines is 1. The second-order valence-corrected chi connectivity index (χ2v) is 5.54. The molecule has 2 N–H and O–H groups in total. The van der Waals surface area contributed by atoms with Gasteiger partial charge in [-0.25, -0.2) is 9.97 Å². The van der Waals surface area contributed by atoms with Crippen molar-refractivity contribution < 1.29 is 4.21 Å². The summed E-state index contributed by atoms with van der Waals surface area (Å²) in [4.78, 5) is 8.44. The second-order valence-electron chi connectivity index (χ2n) is 3.74. The van der Waals surface area contributed by atoms with Gasteiger partial charge in [-0.15, -0.1) is 0 Å². The van der Waals surface area contributed by atoms with Crippen LogP contribution in [0.5, 0.6) is 0 Å². The van der Waals surface area contributed by atoms with Crippen molar-refractivity contribution in [1.29, 1.82) is 0 Å². The Morgan fingerprint density at radius 3 is 3.06 bits per heavy atom. The summed E-state index contributed by atoms with van der Waals surface area (Å²) >= 11 is 0. The van der Waals surface area contributed by atoms with E-state index in [4.69, 9.17) is 5.73 Å².